The van der Waals surface area contributed by atoms with Gasteiger partial charge in [-0.3, -0.25) is 9.13 Å². The predicted molar refractivity (Wildman–Crippen MR) is 296 cm³/mol. The van der Waals surface area contributed by atoms with Crippen LogP contribution in [-0.2, 0) is 0 Å². The van der Waals surface area contributed by atoms with Crippen LogP contribution in [0.5, 0.6) is 0 Å². The van der Waals surface area contributed by atoms with Gasteiger partial charge in [0.15, 0.2) is 0 Å². The Balaban J connectivity index is 0.936. The molecule has 0 aliphatic carbocycles. The number of benzene rings is 10. The SMILES string of the molecule is c1ccc(-c2cc3ccc4nc(-n5c6ccc(-c7ccc8c(c7)c7ccccc7n8-c7nc(-c8ccccc8)c8ccccc8n7)cc6c6c7ccccc7ccc65)nc(-c5ccccc5)c4c3s2)cc1. The zero-order valence-corrected chi connectivity index (χ0v) is 38.8. The van der Waals surface area contributed by atoms with Gasteiger partial charge in [-0.1, -0.05) is 176 Å². The van der Waals surface area contributed by atoms with Gasteiger partial charge >= 0.3 is 0 Å². The highest BCUT2D eigenvalue weighted by Gasteiger charge is 2.23. The minimum absolute atomic E-state index is 0.638. The number of fused-ring (bicyclic) bond motifs is 12. The first-order valence-electron chi connectivity index (χ1n) is 23.9. The van der Waals surface area contributed by atoms with E-state index in [0.29, 0.717) is 11.9 Å². The standard InChI is InChI=1S/C64H38N6S/c1-4-17-40(18-5-1)57-38-45-28-32-52-59(62(45)71-57)61(42-21-8-3-9-22-42)68-64(66-52)70-55-34-31-44(37-50(55)58-46-23-11-10-16-39(46)29-35-56(58)70)43-30-33-54-49(36-43)47-24-13-15-27-53(47)69(54)63-65-51-26-14-12-25-48(51)60(67-63)41-19-6-2-7-20-41/h1-38H. The summed E-state index contributed by atoms with van der Waals surface area (Å²) in [7, 11) is 0. The molecule has 0 amide bonds. The lowest BCUT2D eigenvalue weighted by molar-refractivity contribution is 1.01. The molecule has 0 N–H and O–H groups in total. The van der Waals surface area contributed by atoms with E-state index < -0.39 is 0 Å². The van der Waals surface area contributed by atoms with Crippen LogP contribution in [0.3, 0.4) is 0 Å². The maximum atomic E-state index is 5.58. The van der Waals surface area contributed by atoms with Crippen molar-refractivity contribution in [3.8, 4) is 56.0 Å². The second-order valence-corrected chi connectivity index (χ2v) is 19.2. The number of para-hydroxylation sites is 2. The maximum absolute atomic E-state index is 5.58. The summed E-state index contributed by atoms with van der Waals surface area (Å²) in [6.07, 6.45) is 0. The van der Waals surface area contributed by atoms with E-state index in [1.54, 1.807) is 11.3 Å². The lowest BCUT2D eigenvalue weighted by atomic mass is 9.99. The first kappa shape index (κ1) is 39.7. The Hall–Kier alpha value is -9.30. The second-order valence-electron chi connectivity index (χ2n) is 18.2. The van der Waals surface area contributed by atoms with Gasteiger partial charge in [0.25, 0.3) is 0 Å². The topological polar surface area (TPSA) is 61.4 Å². The lowest BCUT2D eigenvalue weighted by Crippen LogP contribution is -2.03. The molecule has 0 aliphatic heterocycles. The van der Waals surface area contributed by atoms with Crippen LogP contribution in [-0.4, -0.2) is 29.1 Å². The molecule has 0 fully saturated rings. The van der Waals surface area contributed by atoms with Crippen molar-refractivity contribution in [2.45, 2.75) is 0 Å². The normalized spacial score (nSPS) is 11.9. The van der Waals surface area contributed by atoms with Crippen LogP contribution in [0.15, 0.2) is 231 Å². The van der Waals surface area contributed by atoms with Gasteiger partial charge in [-0.05, 0) is 87.4 Å². The van der Waals surface area contributed by atoms with Gasteiger partial charge in [-0.2, -0.15) is 0 Å². The van der Waals surface area contributed by atoms with Crippen LogP contribution < -0.4 is 0 Å². The van der Waals surface area contributed by atoms with Crippen molar-refractivity contribution in [3.63, 3.8) is 0 Å². The average Bonchev–Trinajstić information content (AvgIpc) is 4.14. The fraction of sp³-hybridized carbons (Fsp3) is 0. The Morgan fingerprint density at radius 1 is 0.296 bits per heavy atom. The molecule has 15 aromatic rings. The van der Waals surface area contributed by atoms with Crippen molar-refractivity contribution in [2.24, 2.45) is 0 Å². The molecule has 10 aromatic carbocycles. The molecular formula is C64H38N6S. The zero-order valence-electron chi connectivity index (χ0n) is 38.0. The number of thiophene rings is 1. The van der Waals surface area contributed by atoms with Crippen molar-refractivity contribution < 1.29 is 0 Å². The molecule has 15 rings (SSSR count). The van der Waals surface area contributed by atoms with Gasteiger partial charge in [0.1, 0.15) is 0 Å². The Kier molecular flexibility index (Phi) is 8.73. The number of hydrogen-bond donors (Lipinski definition) is 0. The largest absolute Gasteiger partial charge is 0.278 e. The summed E-state index contributed by atoms with van der Waals surface area (Å²) in [4.78, 5) is 22.8. The van der Waals surface area contributed by atoms with Crippen LogP contribution in [0.1, 0.15) is 0 Å². The molecule has 0 bridgehead atoms. The predicted octanol–water partition coefficient (Wildman–Crippen LogP) is 16.8. The minimum Gasteiger partial charge on any atom is -0.278 e. The summed E-state index contributed by atoms with van der Waals surface area (Å²) >= 11 is 1.80. The second kappa shape index (κ2) is 15.6. The fourth-order valence-corrected chi connectivity index (χ4v) is 12.1. The first-order valence-corrected chi connectivity index (χ1v) is 24.7. The molecule has 0 unspecified atom stereocenters. The molecule has 5 heterocycles. The summed E-state index contributed by atoms with van der Waals surface area (Å²) in [5, 5.41) is 10.2. The molecule has 0 atom stereocenters. The summed E-state index contributed by atoms with van der Waals surface area (Å²) in [5.41, 5.74) is 13.4. The van der Waals surface area contributed by atoms with E-state index in [2.05, 4.69) is 228 Å². The molecule has 0 saturated heterocycles. The Morgan fingerprint density at radius 3 is 1.59 bits per heavy atom. The maximum Gasteiger partial charge on any atom is 0.235 e. The highest BCUT2D eigenvalue weighted by molar-refractivity contribution is 7.23. The van der Waals surface area contributed by atoms with Crippen molar-refractivity contribution in [1.29, 1.82) is 0 Å². The third-order valence-corrected chi connectivity index (χ3v) is 15.4. The quantitative estimate of drug-likeness (QED) is 0.167. The van der Waals surface area contributed by atoms with Gasteiger partial charge in [-0.15, -0.1) is 11.3 Å². The lowest BCUT2D eigenvalue weighted by Gasteiger charge is -2.13. The highest BCUT2D eigenvalue weighted by atomic mass is 32.1. The molecule has 330 valence electrons. The molecule has 71 heavy (non-hydrogen) atoms. The Bertz CT molecular complexity index is 4630. The highest BCUT2D eigenvalue weighted by Crippen LogP contribution is 2.44. The van der Waals surface area contributed by atoms with Crippen molar-refractivity contribution in [2.75, 3.05) is 0 Å². The molecule has 7 heteroatoms. The molecule has 0 aliphatic rings. The average molecular weight is 923 g/mol. The third kappa shape index (κ3) is 6.20. The van der Waals surface area contributed by atoms with Crippen molar-refractivity contribution in [3.05, 3.63) is 231 Å². The third-order valence-electron chi connectivity index (χ3n) is 14.1. The van der Waals surface area contributed by atoms with E-state index in [9.17, 15) is 0 Å². The molecular weight excluding hydrogens is 885 g/mol. The van der Waals surface area contributed by atoms with Crippen LogP contribution in [0.2, 0.25) is 0 Å². The number of aromatic nitrogens is 6. The minimum atomic E-state index is 0.638. The van der Waals surface area contributed by atoms with Crippen molar-refractivity contribution >= 4 is 97.6 Å². The summed E-state index contributed by atoms with van der Waals surface area (Å²) in [6.45, 7) is 0. The van der Waals surface area contributed by atoms with Crippen molar-refractivity contribution in [1.82, 2.24) is 29.1 Å². The van der Waals surface area contributed by atoms with E-state index >= 15 is 0 Å². The molecule has 0 spiro atoms. The van der Waals surface area contributed by atoms with Gasteiger partial charge in [-0.25, -0.2) is 19.9 Å². The number of nitrogens with zero attached hydrogens (tertiary/aromatic N) is 6. The van der Waals surface area contributed by atoms with Crippen LogP contribution >= 0.6 is 11.3 Å². The van der Waals surface area contributed by atoms with E-state index in [0.717, 1.165) is 93.7 Å². The fourth-order valence-electron chi connectivity index (χ4n) is 10.9. The van der Waals surface area contributed by atoms with Gasteiger partial charge in [0.05, 0.1) is 44.5 Å². The van der Waals surface area contributed by atoms with E-state index in [1.165, 1.54) is 36.7 Å². The number of hydrogen-bond acceptors (Lipinski definition) is 5. The van der Waals surface area contributed by atoms with Gasteiger partial charge < -0.3 is 0 Å². The summed E-state index contributed by atoms with van der Waals surface area (Å²) in [5.74, 6) is 1.28. The smallest absolute Gasteiger partial charge is 0.235 e. The van der Waals surface area contributed by atoms with E-state index in [-0.39, 0.29) is 0 Å². The van der Waals surface area contributed by atoms with E-state index in [1.807, 2.05) is 12.1 Å². The van der Waals surface area contributed by atoms with Crippen LogP contribution in [0, 0.1) is 0 Å². The Labute approximate surface area is 411 Å². The van der Waals surface area contributed by atoms with E-state index in [4.69, 9.17) is 19.9 Å². The summed E-state index contributed by atoms with van der Waals surface area (Å²) in [6, 6.07) is 82.0. The van der Waals surface area contributed by atoms with Crippen LogP contribution in [0.4, 0.5) is 0 Å². The number of rotatable bonds is 6. The van der Waals surface area contributed by atoms with Crippen LogP contribution in [0.25, 0.3) is 142 Å². The Morgan fingerprint density at radius 2 is 0.831 bits per heavy atom. The van der Waals surface area contributed by atoms with Gasteiger partial charge in [0, 0.05) is 53.0 Å². The first-order chi connectivity index (χ1) is 35.2. The molecule has 6 nitrogen and oxygen atoms in total. The summed E-state index contributed by atoms with van der Waals surface area (Å²) < 4.78 is 5.67. The van der Waals surface area contributed by atoms with Gasteiger partial charge in [0.2, 0.25) is 11.9 Å². The molecule has 0 radical (unpaired) electrons. The zero-order chi connectivity index (χ0) is 46.6. The molecule has 0 saturated carbocycles. The monoisotopic (exact) mass is 922 g/mol. The molecule has 5 aromatic heterocycles.